The third-order valence-corrected chi connectivity index (χ3v) is 4.94. The van der Waals surface area contributed by atoms with Crippen LogP contribution in [0.4, 0.5) is 0 Å². The Hall–Kier alpha value is -3.77. The highest BCUT2D eigenvalue weighted by Crippen LogP contribution is 2.33. The van der Waals surface area contributed by atoms with Crippen LogP contribution in [0.5, 0.6) is 11.5 Å². The summed E-state index contributed by atoms with van der Waals surface area (Å²) in [5, 5.41) is 5.81. The van der Waals surface area contributed by atoms with Crippen molar-refractivity contribution in [2.75, 3.05) is 6.79 Å². The number of carbonyl (C=O) groups excluding carboxylic acids is 2. The van der Waals surface area contributed by atoms with E-state index in [1.807, 2.05) is 30.3 Å². The van der Waals surface area contributed by atoms with E-state index in [0.717, 1.165) is 5.56 Å². The molecule has 0 bridgehead atoms. The first kappa shape index (κ1) is 20.5. The molecule has 31 heavy (non-hydrogen) atoms. The predicted octanol–water partition coefficient (Wildman–Crippen LogP) is 4.16. The fourth-order valence-electron chi connectivity index (χ4n) is 3.04. The summed E-state index contributed by atoms with van der Waals surface area (Å²) in [7, 11) is 0. The molecular weight excluding hydrogens is 416 g/mol. The first-order chi connectivity index (χ1) is 15.1. The second-order valence-electron chi connectivity index (χ2n) is 6.77. The fourth-order valence-corrected chi connectivity index (χ4v) is 3.26. The van der Waals surface area contributed by atoms with E-state index in [2.05, 4.69) is 10.6 Å². The minimum atomic E-state index is -0.479. The largest absolute Gasteiger partial charge is 0.454 e. The van der Waals surface area contributed by atoms with Gasteiger partial charge < -0.3 is 20.1 Å². The van der Waals surface area contributed by atoms with E-state index in [1.54, 1.807) is 48.5 Å². The zero-order valence-electron chi connectivity index (χ0n) is 16.4. The zero-order valence-corrected chi connectivity index (χ0v) is 17.2. The molecule has 0 aromatic heterocycles. The van der Waals surface area contributed by atoms with E-state index >= 15 is 0 Å². The average Bonchev–Trinajstić information content (AvgIpc) is 3.26. The fraction of sp³-hybridized carbons (Fsp3) is 0.0833. The van der Waals surface area contributed by atoms with Crippen LogP contribution in [0.3, 0.4) is 0 Å². The number of fused-ring (bicyclic) bond motifs is 1. The zero-order chi connectivity index (χ0) is 21.6. The summed E-state index contributed by atoms with van der Waals surface area (Å²) in [5.41, 5.74) is 1.97. The predicted molar refractivity (Wildman–Crippen MR) is 118 cm³/mol. The van der Waals surface area contributed by atoms with E-state index in [0.29, 0.717) is 28.6 Å². The number of ether oxygens (including phenoxy) is 2. The molecule has 7 heteroatoms. The van der Waals surface area contributed by atoms with Crippen molar-refractivity contribution in [2.45, 2.75) is 6.54 Å². The molecule has 156 valence electrons. The van der Waals surface area contributed by atoms with Crippen LogP contribution in [0.2, 0.25) is 5.02 Å². The second-order valence-corrected chi connectivity index (χ2v) is 7.18. The van der Waals surface area contributed by atoms with Crippen molar-refractivity contribution in [1.29, 1.82) is 0 Å². The Morgan fingerprint density at radius 3 is 2.48 bits per heavy atom. The molecule has 4 rings (SSSR count). The number of benzene rings is 3. The molecule has 6 nitrogen and oxygen atoms in total. The summed E-state index contributed by atoms with van der Waals surface area (Å²) in [6.45, 7) is 0.469. The summed E-state index contributed by atoms with van der Waals surface area (Å²) in [5.74, 6) is 0.303. The van der Waals surface area contributed by atoms with Crippen LogP contribution in [-0.4, -0.2) is 18.6 Å². The molecule has 2 N–H and O–H groups in total. The molecule has 3 aromatic carbocycles. The molecule has 1 aliphatic rings. The van der Waals surface area contributed by atoms with E-state index < -0.39 is 11.8 Å². The Balaban J connectivity index is 1.59. The van der Waals surface area contributed by atoms with Crippen LogP contribution in [0.25, 0.3) is 6.08 Å². The van der Waals surface area contributed by atoms with Gasteiger partial charge in [0.15, 0.2) is 11.5 Å². The van der Waals surface area contributed by atoms with Gasteiger partial charge in [-0.25, -0.2) is 0 Å². The topological polar surface area (TPSA) is 76.7 Å². The lowest BCUT2D eigenvalue weighted by molar-refractivity contribution is -0.117. The Bertz CT molecular complexity index is 1150. The number of amides is 2. The van der Waals surface area contributed by atoms with Crippen LogP contribution in [0, 0.1) is 0 Å². The molecule has 0 saturated heterocycles. The normalized spacial score (nSPS) is 12.4. The summed E-state index contributed by atoms with van der Waals surface area (Å²) in [4.78, 5) is 25.7. The maximum Gasteiger partial charge on any atom is 0.268 e. The van der Waals surface area contributed by atoms with Crippen molar-refractivity contribution in [3.05, 3.63) is 100 Å². The number of hydrogen-bond acceptors (Lipinski definition) is 4. The number of halogens is 1. The van der Waals surface area contributed by atoms with Crippen LogP contribution >= 0.6 is 11.6 Å². The molecule has 0 aliphatic carbocycles. The van der Waals surface area contributed by atoms with Gasteiger partial charge in [-0.2, -0.15) is 0 Å². The van der Waals surface area contributed by atoms with Gasteiger partial charge in [0.1, 0.15) is 5.70 Å². The van der Waals surface area contributed by atoms with Gasteiger partial charge in [0.05, 0.1) is 10.6 Å². The number of carbonyl (C=O) groups is 2. The molecule has 1 aliphatic heterocycles. The Labute approximate surface area is 184 Å². The lowest BCUT2D eigenvalue weighted by Gasteiger charge is -2.12. The molecule has 0 unspecified atom stereocenters. The average molecular weight is 435 g/mol. The van der Waals surface area contributed by atoms with Crippen molar-refractivity contribution in [1.82, 2.24) is 10.6 Å². The van der Waals surface area contributed by atoms with Crippen LogP contribution in [0.1, 0.15) is 21.5 Å². The molecule has 0 fully saturated rings. The first-order valence-corrected chi connectivity index (χ1v) is 9.97. The van der Waals surface area contributed by atoms with Gasteiger partial charge in [-0.05, 0) is 41.5 Å². The van der Waals surface area contributed by atoms with E-state index in [4.69, 9.17) is 21.1 Å². The van der Waals surface area contributed by atoms with E-state index in [9.17, 15) is 9.59 Å². The monoisotopic (exact) mass is 434 g/mol. The van der Waals surface area contributed by atoms with Gasteiger partial charge in [0, 0.05) is 6.54 Å². The first-order valence-electron chi connectivity index (χ1n) is 9.59. The van der Waals surface area contributed by atoms with Gasteiger partial charge in [0.2, 0.25) is 6.79 Å². The minimum Gasteiger partial charge on any atom is -0.454 e. The summed E-state index contributed by atoms with van der Waals surface area (Å²) in [6, 6.07) is 21.4. The van der Waals surface area contributed by atoms with Crippen molar-refractivity contribution < 1.29 is 19.1 Å². The quantitative estimate of drug-likeness (QED) is 0.571. The van der Waals surface area contributed by atoms with E-state index in [1.165, 1.54) is 0 Å². The van der Waals surface area contributed by atoms with Crippen molar-refractivity contribution >= 4 is 29.5 Å². The maximum absolute atomic E-state index is 12.9. The van der Waals surface area contributed by atoms with Crippen molar-refractivity contribution in [3.8, 4) is 11.5 Å². The second kappa shape index (κ2) is 9.36. The number of hydrogen-bond donors (Lipinski definition) is 2. The lowest BCUT2D eigenvalue weighted by atomic mass is 10.1. The summed E-state index contributed by atoms with van der Waals surface area (Å²) < 4.78 is 10.7. The third kappa shape index (κ3) is 5.05. The van der Waals surface area contributed by atoms with Crippen LogP contribution in [0.15, 0.2) is 78.5 Å². The maximum atomic E-state index is 12.9. The Morgan fingerprint density at radius 1 is 0.935 bits per heavy atom. The Morgan fingerprint density at radius 2 is 1.68 bits per heavy atom. The summed E-state index contributed by atoms with van der Waals surface area (Å²) >= 11 is 6.14. The SMILES string of the molecule is O=C(NCc1ccccc1)/C(=C\c1ccc2c(c1)OCO2)NC(=O)c1ccccc1Cl. The van der Waals surface area contributed by atoms with E-state index in [-0.39, 0.29) is 18.1 Å². The van der Waals surface area contributed by atoms with Crippen molar-refractivity contribution in [2.24, 2.45) is 0 Å². The molecule has 0 atom stereocenters. The highest BCUT2D eigenvalue weighted by Gasteiger charge is 2.18. The molecule has 0 radical (unpaired) electrons. The third-order valence-electron chi connectivity index (χ3n) is 4.61. The van der Waals surface area contributed by atoms with Gasteiger partial charge in [-0.15, -0.1) is 0 Å². The molecule has 2 amide bonds. The van der Waals surface area contributed by atoms with Gasteiger partial charge >= 0.3 is 0 Å². The Kier molecular flexibility index (Phi) is 6.19. The van der Waals surface area contributed by atoms with Gasteiger partial charge in [0.25, 0.3) is 11.8 Å². The van der Waals surface area contributed by atoms with Gasteiger partial charge in [-0.3, -0.25) is 9.59 Å². The van der Waals surface area contributed by atoms with Crippen molar-refractivity contribution in [3.63, 3.8) is 0 Å². The smallest absolute Gasteiger partial charge is 0.268 e. The standard InChI is InChI=1S/C24H19ClN2O4/c25-19-9-5-4-8-18(19)23(28)27-20(24(29)26-14-16-6-2-1-3-7-16)12-17-10-11-21-22(13-17)31-15-30-21/h1-13H,14-15H2,(H,26,29)(H,27,28)/b20-12+. The molecule has 0 saturated carbocycles. The van der Waals surface area contributed by atoms with Gasteiger partial charge in [-0.1, -0.05) is 60.1 Å². The van der Waals surface area contributed by atoms with Crippen LogP contribution in [-0.2, 0) is 11.3 Å². The summed E-state index contributed by atoms with van der Waals surface area (Å²) in [6.07, 6.45) is 1.58. The molecule has 0 spiro atoms. The minimum absolute atomic E-state index is 0.0831. The lowest BCUT2D eigenvalue weighted by Crippen LogP contribution is -2.34. The molecular formula is C24H19ClN2O4. The number of rotatable bonds is 6. The highest BCUT2D eigenvalue weighted by atomic mass is 35.5. The van der Waals surface area contributed by atoms with Crippen LogP contribution < -0.4 is 20.1 Å². The number of nitrogens with one attached hydrogen (secondary N) is 2. The highest BCUT2D eigenvalue weighted by molar-refractivity contribution is 6.34. The molecule has 3 aromatic rings. The molecule has 1 heterocycles.